The second-order valence-corrected chi connectivity index (χ2v) is 6.66. The highest BCUT2D eigenvalue weighted by Gasteiger charge is 2.22. The van der Waals surface area contributed by atoms with E-state index in [9.17, 15) is 20.0 Å². The minimum absolute atomic E-state index is 0.0377. The average Bonchev–Trinajstić information content (AvgIpc) is 3.30. The largest absolute Gasteiger partial charge is 0.476 e. The number of anilines is 1. The van der Waals surface area contributed by atoms with Crippen LogP contribution in [0.5, 0.6) is 0 Å². The molecule has 154 valence electrons. The fourth-order valence-corrected chi connectivity index (χ4v) is 3.49. The molecule has 0 saturated heterocycles. The lowest BCUT2D eigenvalue weighted by Gasteiger charge is -2.10. The molecule has 0 aliphatic carbocycles. The van der Waals surface area contributed by atoms with E-state index in [-0.39, 0.29) is 22.6 Å². The maximum Gasteiger partial charge on any atom is 0.357 e. The number of aromatic carboxylic acids is 1. The highest BCUT2D eigenvalue weighted by molar-refractivity contribution is 6.07. The van der Waals surface area contributed by atoms with Gasteiger partial charge < -0.3 is 20.1 Å². The zero-order valence-electron chi connectivity index (χ0n) is 16.5. The molecule has 10 nitrogen and oxygen atoms in total. The van der Waals surface area contributed by atoms with Crippen molar-refractivity contribution < 1.29 is 19.4 Å². The topological polar surface area (TPSA) is 149 Å². The van der Waals surface area contributed by atoms with Gasteiger partial charge in [-0.05, 0) is 29.3 Å². The SMILES string of the molecule is COC(=O)c1c(N)c(C#N)cn1-c1ccc(-c2ccnc3c2c(C(=O)O)nn3C)cc1. The van der Waals surface area contributed by atoms with Gasteiger partial charge in [0.2, 0.25) is 0 Å². The lowest BCUT2D eigenvalue weighted by atomic mass is 10.0. The molecule has 31 heavy (non-hydrogen) atoms. The first kappa shape index (κ1) is 19.7. The molecule has 10 heteroatoms. The number of carboxylic acid groups (broad SMARTS) is 1. The summed E-state index contributed by atoms with van der Waals surface area (Å²) >= 11 is 0. The van der Waals surface area contributed by atoms with Crippen LogP contribution in [0, 0.1) is 11.3 Å². The molecule has 0 radical (unpaired) electrons. The van der Waals surface area contributed by atoms with Crippen LogP contribution in [0.4, 0.5) is 5.69 Å². The van der Waals surface area contributed by atoms with Gasteiger partial charge in [-0.1, -0.05) is 12.1 Å². The molecule has 3 N–H and O–H groups in total. The Hall–Kier alpha value is -4.65. The third-order valence-electron chi connectivity index (χ3n) is 4.93. The van der Waals surface area contributed by atoms with E-state index in [1.54, 1.807) is 43.6 Å². The van der Waals surface area contributed by atoms with Crippen molar-refractivity contribution in [2.75, 3.05) is 12.8 Å². The van der Waals surface area contributed by atoms with E-state index in [2.05, 4.69) is 10.1 Å². The third kappa shape index (κ3) is 3.05. The Bertz CT molecular complexity index is 1390. The van der Waals surface area contributed by atoms with Gasteiger partial charge in [0.05, 0.1) is 23.7 Å². The molecular weight excluding hydrogens is 400 g/mol. The minimum Gasteiger partial charge on any atom is -0.476 e. The van der Waals surface area contributed by atoms with Crippen molar-refractivity contribution in [1.29, 1.82) is 5.26 Å². The van der Waals surface area contributed by atoms with E-state index >= 15 is 0 Å². The summed E-state index contributed by atoms with van der Waals surface area (Å²) in [6.07, 6.45) is 3.05. The molecule has 0 spiro atoms. The van der Waals surface area contributed by atoms with Crippen LogP contribution in [0.1, 0.15) is 26.5 Å². The van der Waals surface area contributed by atoms with Gasteiger partial charge in [0.25, 0.3) is 0 Å². The molecule has 0 aliphatic heterocycles. The summed E-state index contributed by atoms with van der Waals surface area (Å²) in [7, 11) is 2.86. The Morgan fingerprint density at radius 3 is 2.55 bits per heavy atom. The fourth-order valence-electron chi connectivity index (χ4n) is 3.49. The molecule has 0 aliphatic rings. The number of methoxy groups -OCH3 is 1. The number of nitrogens with zero attached hydrogens (tertiary/aromatic N) is 5. The van der Waals surface area contributed by atoms with Crippen molar-refractivity contribution in [2.24, 2.45) is 7.05 Å². The van der Waals surface area contributed by atoms with Crippen LogP contribution >= 0.6 is 0 Å². The van der Waals surface area contributed by atoms with E-state index < -0.39 is 11.9 Å². The van der Waals surface area contributed by atoms with Crippen molar-refractivity contribution >= 4 is 28.7 Å². The molecule has 1 aromatic carbocycles. The van der Waals surface area contributed by atoms with Crippen LogP contribution in [0.15, 0.2) is 42.7 Å². The van der Waals surface area contributed by atoms with Crippen LogP contribution in [-0.2, 0) is 11.8 Å². The molecule has 0 fully saturated rings. The van der Waals surface area contributed by atoms with Crippen molar-refractivity contribution in [3.63, 3.8) is 0 Å². The van der Waals surface area contributed by atoms with Crippen molar-refractivity contribution in [3.8, 4) is 22.9 Å². The molecule has 0 atom stereocenters. The Morgan fingerprint density at radius 2 is 1.94 bits per heavy atom. The van der Waals surface area contributed by atoms with E-state index in [1.807, 2.05) is 6.07 Å². The number of hydrogen-bond acceptors (Lipinski definition) is 7. The number of carbonyl (C=O) groups is 2. The zero-order chi connectivity index (χ0) is 22.3. The average molecular weight is 416 g/mol. The summed E-state index contributed by atoms with van der Waals surface area (Å²) in [6, 6.07) is 10.7. The van der Waals surface area contributed by atoms with Gasteiger partial charge in [0.15, 0.2) is 17.0 Å². The number of fused-ring (bicyclic) bond motifs is 1. The number of aryl methyl sites for hydroxylation is 1. The van der Waals surface area contributed by atoms with E-state index in [4.69, 9.17) is 10.5 Å². The summed E-state index contributed by atoms with van der Waals surface area (Å²) in [5.41, 5.74) is 8.51. The van der Waals surface area contributed by atoms with Crippen LogP contribution in [0.3, 0.4) is 0 Å². The number of esters is 1. The van der Waals surface area contributed by atoms with Crippen molar-refractivity contribution in [3.05, 3.63) is 59.7 Å². The number of rotatable bonds is 4. The maximum atomic E-state index is 12.2. The number of pyridine rings is 1. The molecular formula is C21H16N6O4. The number of nitrogens with two attached hydrogens (primary N) is 1. The summed E-state index contributed by atoms with van der Waals surface area (Å²) < 4.78 is 7.70. The predicted octanol–water partition coefficient (Wildman–Crippen LogP) is 2.36. The summed E-state index contributed by atoms with van der Waals surface area (Å²) in [6.45, 7) is 0. The Kier molecular flexibility index (Phi) is 4.63. The standard InChI is InChI=1S/C21H16N6O4/c1-26-19-15(17(25-26)20(28)29)14(7-8-24-19)11-3-5-13(6-4-11)27-10-12(9-22)16(23)18(27)21(30)31-2/h3-8,10H,23H2,1-2H3,(H,28,29). The van der Waals surface area contributed by atoms with Gasteiger partial charge in [0, 0.05) is 25.1 Å². The zero-order valence-corrected chi connectivity index (χ0v) is 16.5. The lowest BCUT2D eigenvalue weighted by Crippen LogP contribution is -2.11. The first-order valence-electron chi connectivity index (χ1n) is 9.02. The number of hydrogen-bond donors (Lipinski definition) is 2. The van der Waals surface area contributed by atoms with E-state index in [1.165, 1.54) is 22.6 Å². The lowest BCUT2D eigenvalue weighted by molar-refractivity contribution is 0.0592. The van der Waals surface area contributed by atoms with Gasteiger partial charge in [-0.25, -0.2) is 19.3 Å². The normalized spacial score (nSPS) is 10.7. The highest BCUT2D eigenvalue weighted by Crippen LogP contribution is 2.31. The van der Waals surface area contributed by atoms with Crippen LogP contribution in [0.25, 0.3) is 27.8 Å². The van der Waals surface area contributed by atoms with Gasteiger partial charge in [-0.3, -0.25) is 0 Å². The summed E-state index contributed by atoms with van der Waals surface area (Å²) in [5.74, 6) is -1.81. The molecule has 0 unspecified atom stereocenters. The van der Waals surface area contributed by atoms with E-state index in [0.717, 1.165) is 5.56 Å². The van der Waals surface area contributed by atoms with E-state index in [0.29, 0.717) is 22.3 Å². The molecule has 0 bridgehead atoms. The van der Waals surface area contributed by atoms with Crippen LogP contribution in [-0.4, -0.2) is 43.5 Å². The van der Waals surface area contributed by atoms with Crippen molar-refractivity contribution in [2.45, 2.75) is 0 Å². The summed E-state index contributed by atoms with van der Waals surface area (Å²) in [5, 5.41) is 23.3. The first-order valence-corrected chi connectivity index (χ1v) is 9.02. The molecule has 0 amide bonds. The quantitative estimate of drug-likeness (QED) is 0.482. The van der Waals surface area contributed by atoms with Crippen molar-refractivity contribution in [1.82, 2.24) is 19.3 Å². The second-order valence-electron chi connectivity index (χ2n) is 6.66. The second kappa shape index (κ2) is 7.31. The number of nitriles is 1. The van der Waals surface area contributed by atoms with Gasteiger partial charge in [0.1, 0.15) is 6.07 Å². The fraction of sp³-hybridized carbons (Fsp3) is 0.0952. The smallest absolute Gasteiger partial charge is 0.357 e. The Morgan fingerprint density at radius 1 is 1.23 bits per heavy atom. The molecule has 3 aromatic heterocycles. The number of aromatic nitrogens is 4. The van der Waals surface area contributed by atoms with Crippen LogP contribution < -0.4 is 5.73 Å². The number of benzene rings is 1. The number of nitrogen functional groups attached to an aromatic ring is 1. The highest BCUT2D eigenvalue weighted by atomic mass is 16.5. The Labute approximate surface area is 175 Å². The third-order valence-corrected chi connectivity index (χ3v) is 4.93. The maximum absolute atomic E-state index is 12.2. The van der Waals surface area contributed by atoms with Gasteiger partial charge in [-0.2, -0.15) is 10.4 Å². The summed E-state index contributed by atoms with van der Waals surface area (Å²) in [4.78, 5) is 28.1. The molecule has 4 aromatic rings. The molecule has 3 heterocycles. The van der Waals surface area contributed by atoms with Crippen LogP contribution in [0.2, 0.25) is 0 Å². The first-order chi connectivity index (χ1) is 14.9. The van der Waals surface area contributed by atoms with Gasteiger partial charge in [-0.15, -0.1) is 0 Å². The number of ether oxygens (including phenoxy) is 1. The molecule has 4 rings (SSSR count). The number of carbonyl (C=O) groups excluding carboxylic acids is 1. The van der Waals surface area contributed by atoms with Gasteiger partial charge >= 0.3 is 11.9 Å². The monoisotopic (exact) mass is 416 g/mol. The molecule has 0 saturated carbocycles. The predicted molar refractivity (Wildman–Crippen MR) is 111 cm³/mol. The number of carboxylic acids is 1. The minimum atomic E-state index is -1.15. The Balaban J connectivity index is 1.86.